The molecule has 10 nitrogen and oxygen atoms in total. The molecule has 1 fully saturated rings. The van der Waals surface area contributed by atoms with Gasteiger partial charge in [-0.3, -0.25) is 4.79 Å². The van der Waals surface area contributed by atoms with Crippen molar-refractivity contribution in [3.05, 3.63) is 69.9 Å². The molecule has 1 saturated carbocycles. The van der Waals surface area contributed by atoms with Crippen molar-refractivity contribution >= 4 is 11.0 Å². The van der Waals surface area contributed by atoms with Crippen LogP contribution >= 0.6 is 0 Å². The van der Waals surface area contributed by atoms with Crippen LogP contribution in [0.25, 0.3) is 11.0 Å². The van der Waals surface area contributed by atoms with Gasteiger partial charge >= 0.3 is 6.18 Å². The number of hydrogen-bond acceptors (Lipinski definition) is 8. The first-order valence-corrected chi connectivity index (χ1v) is 10.4. The van der Waals surface area contributed by atoms with Crippen LogP contribution in [-0.4, -0.2) is 39.7 Å². The number of nitriles is 1. The van der Waals surface area contributed by atoms with Crippen molar-refractivity contribution in [3.63, 3.8) is 0 Å². The Morgan fingerprint density at radius 1 is 1.15 bits per heavy atom. The minimum Gasteiger partial charge on any atom is -0.310 e. The van der Waals surface area contributed by atoms with Crippen molar-refractivity contribution in [3.8, 4) is 6.07 Å². The van der Waals surface area contributed by atoms with E-state index in [1.165, 1.54) is 4.68 Å². The van der Waals surface area contributed by atoms with E-state index in [0.29, 0.717) is 17.2 Å². The predicted octanol–water partition coefficient (Wildman–Crippen LogP) is 2.86. The van der Waals surface area contributed by atoms with Crippen LogP contribution in [0.15, 0.2) is 35.6 Å². The molecule has 4 aromatic rings. The molecule has 0 saturated heterocycles. The van der Waals surface area contributed by atoms with E-state index in [0.717, 1.165) is 25.2 Å². The Bertz CT molecular complexity index is 1460. The van der Waals surface area contributed by atoms with Gasteiger partial charge in [0, 0.05) is 42.2 Å². The number of H-pyrrole nitrogens is 1. The SMILES string of the molecule is C[C@H](c1cnc(C(F)(F)F)nc1)n1nc(C#N)c2c(=O)[nH]c([C@@H]3CC[C@H]3c3ncccn3)nc21. The summed E-state index contributed by atoms with van der Waals surface area (Å²) in [6, 6.07) is 2.91. The van der Waals surface area contributed by atoms with Crippen LogP contribution in [-0.2, 0) is 6.18 Å². The summed E-state index contributed by atoms with van der Waals surface area (Å²) in [7, 11) is 0. The topological polar surface area (TPSA) is 139 Å². The van der Waals surface area contributed by atoms with Gasteiger partial charge < -0.3 is 4.98 Å². The quantitative estimate of drug-likeness (QED) is 0.483. The molecule has 0 aromatic carbocycles. The zero-order valence-corrected chi connectivity index (χ0v) is 17.7. The third-order valence-electron chi connectivity index (χ3n) is 6.00. The summed E-state index contributed by atoms with van der Waals surface area (Å²) in [5.41, 5.74) is -0.183. The average molecular weight is 467 g/mol. The normalized spacial score (nSPS) is 18.9. The summed E-state index contributed by atoms with van der Waals surface area (Å²) in [5.74, 6) is -0.333. The number of halogens is 3. The fraction of sp³-hybridized carbons (Fsp3) is 0.333. The lowest BCUT2D eigenvalue weighted by atomic mass is 9.72. The van der Waals surface area contributed by atoms with E-state index in [1.54, 1.807) is 25.4 Å². The van der Waals surface area contributed by atoms with Gasteiger partial charge in [-0.1, -0.05) is 0 Å². The fourth-order valence-electron chi connectivity index (χ4n) is 4.07. The molecule has 0 unspecified atom stereocenters. The highest BCUT2D eigenvalue weighted by Crippen LogP contribution is 2.46. The molecule has 0 spiro atoms. The number of nitrogens with one attached hydrogen (secondary N) is 1. The van der Waals surface area contributed by atoms with Crippen LogP contribution in [0.5, 0.6) is 0 Å². The second kappa shape index (κ2) is 7.98. The highest BCUT2D eigenvalue weighted by molar-refractivity contribution is 5.80. The maximum atomic E-state index is 12.9. The fourth-order valence-corrected chi connectivity index (χ4v) is 4.07. The van der Waals surface area contributed by atoms with Crippen molar-refractivity contribution in [2.24, 2.45) is 0 Å². The molecule has 0 radical (unpaired) electrons. The number of alkyl halides is 3. The number of hydrogen-bond donors (Lipinski definition) is 1. The molecule has 0 amide bonds. The Hall–Kier alpha value is -4.21. The van der Waals surface area contributed by atoms with Crippen molar-refractivity contribution in [1.82, 2.24) is 39.7 Å². The van der Waals surface area contributed by atoms with Crippen LogP contribution in [0.4, 0.5) is 13.2 Å². The number of rotatable bonds is 4. The monoisotopic (exact) mass is 467 g/mol. The van der Waals surface area contributed by atoms with E-state index in [9.17, 15) is 23.2 Å². The molecule has 4 heterocycles. The Kier molecular flexibility index (Phi) is 5.07. The highest BCUT2D eigenvalue weighted by Gasteiger charge is 2.38. The first-order chi connectivity index (χ1) is 16.3. The third-order valence-corrected chi connectivity index (χ3v) is 6.00. The van der Waals surface area contributed by atoms with E-state index >= 15 is 0 Å². The van der Waals surface area contributed by atoms with Crippen LogP contribution in [0.2, 0.25) is 0 Å². The summed E-state index contributed by atoms with van der Waals surface area (Å²) >= 11 is 0. The molecular formula is C21H16F3N9O. The number of nitrogens with zero attached hydrogens (tertiary/aromatic N) is 8. The molecule has 3 atom stereocenters. The van der Waals surface area contributed by atoms with E-state index < -0.39 is 23.6 Å². The molecule has 0 aliphatic heterocycles. The Morgan fingerprint density at radius 2 is 1.82 bits per heavy atom. The zero-order valence-electron chi connectivity index (χ0n) is 17.7. The van der Waals surface area contributed by atoms with E-state index in [1.807, 2.05) is 6.07 Å². The van der Waals surface area contributed by atoms with E-state index in [-0.39, 0.29) is 28.6 Å². The predicted molar refractivity (Wildman–Crippen MR) is 110 cm³/mol. The molecule has 0 bridgehead atoms. The lowest BCUT2D eigenvalue weighted by Crippen LogP contribution is -2.28. The number of fused-ring (bicyclic) bond motifs is 1. The van der Waals surface area contributed by atoms with Crippen LogP contribution in [0.3, 0.4) is 0 Å². The van der Waals surface area contributed by atoms with Gasteiger partial charge in [-0.2, -0.15) is 23.5 Å². The van der Waals surface area contributed by atoms with Crippen LogP contribution in [0, 0.1) is 11.3 Å². The van der Waals surface area contributed by atoms with E-state index in [4.69, 9.17) is 0 Å². The largest absolute Gasteiger partial charge is 0.451 e. The Balaban J connectivity index is 1.57. The minimum absolute atomic E-state index is 0.0118. The standard InChI is InChI=1S/C21H16F3N9O/c1-10(11-8-28-20(29-9-11)21(22,23)24)33-18-15(14(7-25)32-33)19(34)31-17(30-18)13-4-3-12(13)16-26-5-2-6-27-16/h2,5-6,8-10,12-13H,3-4H2,1H3,(H,30,31,34)/t10-,12-,13-/m1/s1. The van der Waals surface area contributed by atoms with Gasteiger partial charge in [0.25, 0.3) is 5.56 Å². The number of aromatic amines is 1. The molecule has 13 heteroatoms. The lowest BCUT2D eigenvalue weighted by molar-refractivity contribution is -0.145. The summed E-state index contributed by atoms with van der Waals surface area (Å²) < 4.78 is 39.8. The second-order valence-corrected chi connectivity index (χ2v) is 7.97. The highest BCUT2D eigenvalue weighted by atomic mass is 19.4. The zero-order chi connectivity index (χ0) is 24.0. The van der Waals surface area contributed by atoms with Gasteiger partial charge in [0.15, 0.2) is 11.3 Å². The molecule has 172 valence electrons. The third kappa shape index (κ3) is 3.57. The Morgan fingerprint density at radius 3 is 2.41 bits per heavy atom. The van der Waals surface area contributed by atoms with Gasteiger partial charge in [0.05, 0.1) is 6.04 Å². The lowest BCUT2D eigenvalue weighted by Gasteiger charge is -2.34. The summed E-state index contributed by atoms with van der Waals surface area (Å²) in [4.78, 5) is 35.7. The first kappa shape index (κ1) is 21.6. The average Bonchev–Trinajstić information content (AvgIpc) is 3.17. The smallest absolute Gasteiger partial charge is 0.310 e. The Labute approximate surface area is 189 Å². The van der Waals surface area contributed by atoms with Crippen LogP contribution < -0.4 is 5.56 Å². The molecule has 4 aromatic heterocycles. The van der Waals surface area contributed by atoms with Gasteiger partial charge in [0.1, 0.15) is 23.1 Å². The molecule has 34 heavy (non-hydrogen) atoms. The van der Waals surface area contributed by atoms with Crippen molar-refractivity contribution in [2.75, 3.05) is 0 Å². The van der Waals surface area contributed by atoms with Gasteiger partial charge in [-0.15, -0.1) is 0 Å². The number of aromatic nitrogens is 8. The van der Waals surface area contributed by atoms with Gasteiger partial charge in [-0.05, 0) is 25.8 Å². The summed E-state index contributed by atoms with van der Waals surface area (Å²) in [5, 5.41) is 13.7. The molecule has 1 N–H and O–H groups in total. The maximum Gasteiger partial charge on any atom is 0.451 e. The van der Waals surface area contributed by atoms with Gasteiger partial charge in [0.2, 0.25) is 5.82 Å². The second-order valence-electron chi connectivity index (χ2n) is 7.97. The van der Waals surface area contributed by atoms with Crippen molar-refractivity contribution < 1.29 is 13.2 Å². The van der Waals surface area contributed by atoms with Crippen molar-refractivity contribution in [2.45, 2.75) is 43.8 Å². The van der Waals surface area contributed by atoms with Crippen LogP contribution in [0.1, 0.15) is 66.4 Å². The first-order valence-electron chi connectivity index (χ1n) is 10.4. The molecule has 1 aliphatic carbocycles. The minimum atomic E-state index is -4.67. The van der Waals surface area contributed by atoms with Crippen molar-refractivity contribution in [1.29, 1.82) is 5.26 Å². The summed E-state index contributed by atoms with van der Waals surface area (Å²) in [6.07, 6.45) is 2.32. The summed E-state index contributed by atoms with van der Waals surface area (Å²) in [6.45, 7) is 1.64. The molecule has 5 rings (SSSR count). The maximum absolute atomic E-state index is 12.9. The molecular weight excluding hydrogens is 451 g/mol. The molecule has 1 aliphatic rings. The van der Waals surface area contributed by atoms with E-state index in [2.05, 4.69) is 35.0 Å². The van der Waals surface area contributed by atoms with Gasteiger partial charge in [-0.25, -0.2) is 29.6 Å².